The van der Waals surface area contributed by atoms with E-state index < -0.39 is 0 Å². The first-order valence-corrected chi connectivity index (χ1v) is 8.03. The van der Waals surface area contributed by atoms with Gasteiger partial charge in [0.1, 0.15) is 5.75 Å². The molecule has 22 heavy (non-hydrogen) atoms. The van der Waals surface area contributed by atoms with Gasteiger partial charge in [-0.1, -0.05) is 35.0 Å². The Balaban J connectivity index is 1.73. The minimum Gasteiger partial charge on any atom is -0.482 e. The van der Waals surface area contributed by atoms with Gasteiger partial charge in [0.25, 0.3) is 11.1 Å². The van der Waals surface area contributed by atoms with Crippen molar-refractivity contribution in [2.75, 3.05) is 25.4 Å². The SMILES string of the molecule is O=C(COc1cc(Cl)ccc1Cl)NCCN1C(=O)CSC1=O. The molecule has 0 spiro atoms. The van der Waals surface area contributed by atoms with Gasteiger partial charge in [-0.25, -0.2) is 0 Å². The second kappa shape index (κ2) is 7.71. The van der Waals surface area contributed by atoms with Crippen LogP contribution in [0.5, 0.6) is 5.75 Å². The molecule has 0 radical (unpaired) electrons. The summed E-state index contributed by atoms with van der Waals surface area (Å²) in [5, 5.41) is 3.07. The minimum absolute atomic E-state index is 0.147. The smallest absolute Gasteiger partial charge is 0.288 e. The topological polar surface area (TPSA) is 75.7 Å². The quantitative estimate of drug-likeness (QED) is 0.839. The highest BCUT2D eigenvalue weighted by molar-refractivity contribution is 8.14. The summed E-state index contributed by atoms with van der Waals surface area (Å²) in [6.07, 6.45) is 0. The summed E-state index contributed by atoms with van der Waals surface area (Å²) in [5.74, 6) is -0.164. The van der Waals surface area contributed by atoms with Crippen molar-refractivity contribution in [2.24, 2.45) is 0 Å². The van der Waals surface area contributed by atoms with E-state index in [1.165, 1.54) is 6.07 Å². The highest BCUT2D eigenvalue weighted by Crippen LogP contribution is 2.27. The molecule has 1 aromatic carbocycles. The van der Waals surface area contributed by atoms with Gasteiger partial charge in [-0.2, -0.15) is 0 Å². The largest absolute Gasteiger partial charge is 0.482 e. The molecule has 0 aliphatic carbocycles. The Kier molecular flexibility index (Phi) is 5.93. The van der Waals surface area contributed by atoms with Gasteiger partial charge >= 0.3 is 0 Å². The molecule has 1 fully saturated rings. The average Bonchev–Trinajstić information content (AvgIpc) is 2.80. The van der Waals surface area contributed by atoms with Crippen LogP contribution in [0, 0.1) is 0 Å². The van der Waals surface area contributed by atoms with Gasteiger partial charge in [-0.15, -0.1) is 0 Å². The Bertz CT molecular complexity index is 596. The van der Waals surface area contributed by atoms with Gasteiger partial charge in [0.2, 0.25) is 5.91 Å². The van der Waals surface area contributed by atoms with Crippen molar-refractivity contribution < 1.29 is 19.1 Å². The fourth-order valence-electron chi connectivity index (χ4n) is 1.69. The summed E-state index contributed by atoms with van der Waals surface area (Å²) in [6, 6.07) is 4.69. The summed E-state index contributed by atoms with van der Waals surface area (Å²) in [7, 11) is 0. The van der Waals surface area contributed by atoms with Crippen molar-refractivity contribution in [3.05, 3.63) is 28.2 Å². The van der Waals surface area contributed by atoms with E-state index in [-0.39, 0.29) is 42.5 Å². The molecule has 0 aromatic heterocycles. The maximum atomic E-state index is 11.6. The Morgan fingerprint density at radius 1 is 1.36 bits per heavy atom. The van der Waals surface area contributed by atoms with Crippen LogP contribution < -0.4 is 10.1 Å². The predicted molar refractivity (Wildman–Crippen MR) is 84.5 cm³/mol. The first-order valence-electron chi connectivity index (χ1n) is 6.29. The summed E-state index contributed by atoms with van der Waals surface area (Å²) in [4.78, 5) is 35.5. The van der Waals surface area contributed by atoms with Crippen LogP contribution in [0.2, 0.25) is 10.0 Å². The van der Waals surface area contributed by atoms with Gasteiger partial charge in [-0.3, -0.25) is 19.3 Å². The number of halogens is 2. The number of rotatable bonds is 6. The zero-order valence-corrected chi connectivity index (χ0v) is 13.6. The molecule has 0 saturated carbocycles. The molecule has 0 unspecified atom stereocenters. The van der Waals surface area contributed by atoms with E-state index in [9.17, 15) is 14.4 Å². The van der Waals surface area contributed by atoms with Crippen molar-refractivity contribution in [3.63, 3.8) is 0 Å². The standard InChI is InChI=1S/C13H12Cl2N2O4S/c14-8-1-2-9(15)10(5-8)21-6-11(18)16-3-4-17-12(19)7-22-13(17)20/h1-2,5H,3-4,6-7H2,(H,16,18). The van der Waals surface area contributed by atoms with Crippen LogP contribution in [0.4, 0.5) is 4.79 Å². The molecule has 1 aliphatic rings. The molecule has 9 heteroatoms. The molecule has 1 saturated heterocycles. The number of thioether (sulfide) groups is 1. The monoisotopic (exact) mass is 362 g/mol. The summed E-state index contributed by atoms with van der Waals surface area (Å²) in [5.41, 5.74) is 0. The normalized spacial score (nSPS) is 14.4. The lowest BCUT2D eigenvalue weighted by Crippen LogP contribution is -2.39. The van der Waals surface area contributed by atoms with E-state index in [2.05, 4.69) is 5.32 Å². The van der Waals surface area contributed by atoms with Crippen LogP contribution in [0.25, 0.3) is 0 Å². The Morgan fingerprint density at radius 3 is 2.82 bits per heavy atom. The number of amides is 3. The molecule has 1 aliphatic heterocycles. The van der Waals surface area contributed by atoms with Crippen molar-refractivity contribution in [1.82, 2.24) is 10.2 Å². The van der Waals surface area contributed by atoms with E-state index in [4.69, 9.17) is 27.9 Å². The molecular formula is C13H12Cl2N2O4S. The lowest BCUT2D eigenvalue weighted by atomic mass is 10.3. The molecule has 118 valence electrons. The van der Waals surface area contributed by atoms with Gasteiger partial charge in [0, 0.05) is 24.2 Å². The zero-order valence-electron chi connectivity index (χ0n) is 11.3. The van der Waals surface area contributed by atoms with Crippen molar-refractivity contribution >= 4 is 52.0 Å². The van der Waals surface area contributed by atoms with Crippen LogP contribution in [0.3, 0.4) is 0 Å². The van der Waals surface area contributed by atoms with Crippen LogP contribution >= 0.6 is 35.0 Å². The van der Waals surface area contributed by atoms with Crippen molar-refractivity contribution in [1.29, 1.82) is 0 Å². The first-order chi connectivity index (χ1) is 10.5. The number of carbonyl (C=O) groups excluding carboxylic acids is 3. The number of imide groups is 1. The number of benzene rings is 1. The maximum Gasteiger partial charge on any atom is 0.288 e. The van der Waals surface area contributed by atoms with Crippen LogP contribution in [-0.4, -0.2) is 47.4 Å². The third-order valence-corrected chi connectivity index (χ3v) is 4.16. The van der Waals surface area contributed by atoms with Crippen molar-refractivity contribution in [2.45, 2.75) is 0 Å². The molecule has 1 N–H and O–H groups in total. The van der Waals surface area contributed by atoms with Crippen LogP contribution in [0.15, 0.2) is 18.2 Å². The molecule has 2 rings (SSSR count). The second-order valence-corrected chi connectivity index (χ2v) is 6.08. The van der Waals surface area contributed by atoms with Gasteiger partial charge < -0.3 is 10.1 Å². The number of nitrogens with one attached hydrogen (secondary N) is 1. The van der Waals surface area contributed by atoms with Gasteiger partial charge in [0.05, 0.1) is 10.8 Å². The predicted octanol–water partition coefficient (Wildman–Crippen LogP) is 2.18. The molecule has 1 aromatic rings. The highest BCUT2D eigenvalue weighted by Gasteiger charge is 2.29. The van der Waals surface area contributed by atoms with E-state index in [0.29, 0.717) is 15.8 Å². The summed E-state index contributed by atoms with van der Waals surface area (Å²) in [6.45, 7) is 0.0779. The number of hydrogen-bond donors (Lipinski definition) is 1. The number of hydrogen-bond acceptors (Lipinski definition) is 5. The van der Waals surface area contributed by atoms with E-state index in [0.717, 1.165) is 16.7 Å². The molecule has 0 atom stereocenters. The maximum absolute atomic E-state index is 11.6. The first kappa shape index (κ1) is 16.9. The van der Waals surface area contributed by atoms with E-state index in [1.807, 2.05) is 0 Å². The third-order valence-electron chi connectivity index (χ3n) is 2.75. The number of carbonyl (C=O) groups is 3. The van der Waals surface area contributed by atoms with E-state index in [1.54, 1.807) is 12.1 Å². The molecule has 6 nitrogen and oxygen atoms in total. The Morgan fingerprint density at radius 2 is 2.14 bits per heavy atom. The fraction of sp³-hybridized carbons (Fsp3) is 0.308. The van der Waals surface area contributed by atoms with Gasteiger partial charge in [-0.05, 0) is 12.1 Å². The second-order valence-electron chi connectivity index (χ2n) is 4.31. The molecule has 3 amide bonds. The van der Waals surface area contributed by atoms with Crippen molar-refractivity contribution in [3.8, 4) is 5.75 Å². The lowest BCUT2D eigenvalue weighted by Gasteiger charge is -2.13. The number of ether oxygens (including phenoxy) is 1. The summed E-state index contributed by atoms with van der Waals surface area (Å²) >= 11 is 12.7. The van der Waals surface area contributed by atoms with E-state index >= 15 is 0 Å². The average molecular weight is 363 g/mol. The summed E-state index contributed by atoms with van der Waals surface area (Å²) < 4.78 is 5.26. The zero-order chi connectivity index (χ0) is 16.1. The number of nitrogens with zero attached hydrogens (tertiary/aromatic N) is 1. The molecule has 1 heterocycles. The highest BCUT2D eigenvalue weighted by atomic mass is 35.5. The van der Waals surface area contributed by atoms with Gasteiger partial charge in [0.15, 0.2) is 6.61 Å². The Labute approximate surface area is 141 Å². The third kappa shape index (κ3) is 4.53. The fourth-order valence-corrected chi connectivity index (χ4v) is 2.77. The minimum atomic E-state index is -0.386. The van der Waals surface area contributed by atoms with Crippen LogP contribution in [0.1, 0.15) is 0 Å². The molecule has 0 bridgehead atoms. The Hall–Kier alpha value is -1.44. The lowest BCUT2D eigenvalue weighted by molar-refractivity contribution is -0.126. The van der Waals surface area contributed by atoms with Crippen LogP contribution in [-0.2, 0) is 9.59 Å². The molecular weight excluding hydrogens is 351 g/mol.